The van der Waals surface area contributed by atoms with Crippen molar-refractivity contribution in [2.24, 2.45) is 5.92 Å². The highest BCUT2D eigenvalue weighted by Gasteiger charge is 2.31. The summed E-state index contributed by atoms with van der Waals surface area (Å²) in [6, 6.07) is 9.97. The van der Waals surface area contributed by atoms with E-state index >= 15 is 0 Å². The van der Waals surface area contributed by atoms with Crippen LogP contribution < -0.4 is 4.74 Å². The van der Waals surface area contributed by atoms with Gasteiger partial charge in [0.25, 0.3) is 0 Å². The molecule has 0 amide bonds. The number of hydrogen-bond acceptors (Lipinski definition) is 2. The lowest BCUT2D eigenvalue weighted by Crippen LogP contribution is -2.09. The van der Waals surface area contributed by atoms with Crippen LogP contribution in [0.3, 0.4) is 0 Å². The molecule has 2 rings (SSSR count). The Balaban J connectivity index is 1.98. The predicted octanol–water partition coefficient (Wildman–Crippen LogP) is 1.80. The fourth-order valence-electron chi connectivity index (χ4n) is 0.951. The molecular weight excluding hydrogens is 152 g/mol. The fourth-order valence-corrected chi connectivity index (χ4v) is 0.951. The second-order valence-corrected chi connectivity index (χ2v) is 2.92. The summed E-state index contributed by atoms with van der Waals surface area (Å²) in [5, 5.41) is 0. The zero-order valence-electron chi connectivity index (χ0n) is 6.62. The largest absolute Gasteiger partial charge is 0.426 e. The molecule has 1 aromatic carbocycles. The van der Waals surface area contributed by atoms with Gasteiger partial charge in [-0.1, -0.05) is 18.2 Å². The summed E-state index contributed by atoms with van der Waals surface area (Å²) in [5.74, 6) is 0.561. The molecule has 0 heterocycles. The second kappa shape index (κ2) is 2.97. The topological polar surface area (TPSA) is 26.3 Å². The van der Waals surface area contributed by atoms with Gasteiger partial charge in [-0.3, -0.25) is 4.79 Å². The van der Waals surface area contributed by atoms with Gasteiger partial charge in [0.2, 0.25) is 0 Å². The van der Waals surface area contributed by atoms with Crippen LogP contribution in [0.1, 0.15) is 12.8 Å². The lowest BCUT2D eigenvalue weighted by atomic mass is 10.3. The Morgan fingerprint density at radius 1 is 1.50 bits per heavy atom. The first kappa shape index (κ1) is 7.35. The molecule has 2 nitrogen and oxygen atoms in total. The van der Waals surface area contributed by atoms with Crippen molar-refractivity contribution in [1.29, 1.82) is 0 Å². The van der Waals surface area contributed by atoms with Gasteiger partial charge in [0, 0.05) is 6.07 Å². The van der Waals surface area contributed by atoms with Crippen molar-refractivity contribution in [3.05, 3.63) is 30.3 Å². The van der Waals surface area contributed by atoms with Crippen LogP contribution in [0.15, 0.2) is 24.3 Å². The van der Waals surface area contributed by atoms with Crippen molar-refractivity contribution >= 4 is 5.97 Å². The standard InChI is InChI=1S/C10H9O2/c11-10(8-6-7-8)12-9-4-2-1-3-5-9/h1-4,8H,6-7H2. The van der Waals surface area contributed by atoms with E-state index in [1.54, 1.807) is 12.1 Å². The first-order valence-electron chi connectivity index (χ1n) is 4.04. The molecule has 0 bridgehead atoms. The molecule has 0 unspecified atom stereocenters. The van der Waals surface area contributed by atoms with Crippen molar-refractivity contribution in [1.82, 2.24) is 0 Å². The number of rotatable bonds is 2. The zero-order chi connectivity index (χ0) is 8.39. The number of para-hydroxylation sites is 1. The van der Waals surface area contributed by atoms with Crippen molar-refractivity contribution in [3.8, 4) is 5.75 Å². The van der Waals surface area contributed by atoms with Crippen LogP contribution in [0.4, 0.5) is 0 Å². The van der Waals surface area contributed by atoms with Crippen LogP contribution in [-0.2, 0) is 4.79 Å². The maximum absolute atomic E-state index is 11.1. The molecule has 12 heavy (non-hydrogen) atoms. The monoisotopic (exact) mass is 161 g/mol. The number of benzene rings is 1. The quantitative estimate of drug-likeness (QED) is 0.488. The molecule has 1 fully saturated rings. The average Bonchev–Trinajstić information content (AvgIpc) is 2.88. The van der Waals surface area contributed by atoms with E-state index in [9.17, 15) is 4.79 Å². The molecule has 0 saturated heterocycles. The van der Waals surface area contributed by atoms with E-state index in [-0.39, 0.29) is 11.9 Å². The van der Waals surface area contributed by atoms with E-state index in [2.05, 4.69) is 6.07 Å². The lowest BCUT2D eigenvalue weighted by molar-refractivity contribution is -0.135. The summed E-state index contributed by atoms with van der Waals surface area (Å²) >= 11 is 0. The number of ether oxygens (including phenoxy) is 1. The minimum absolute atomic E-state index is 0.113. The summed E-state index contributed by atoms with van der Waals surface area (Å²) in [6.45, 7) is 0. The number of hydrogen-bond donors (Lipinski definition) is 0. The van der Waals surface area contributed by atoms with E-state index in [4.69, 9.17) is 4.74 Å². The summed E-state index contributed by atoms with van der Waals surface area (Å²) in [5.41, 5.74) is 0. The highest BCUT2D eigenvalue weighted by atomic mass is 16.5. The van der Waals surface area contributed by atoms with Gasteiger partial charge >= 0.3 is 5.97 Å². The van der Waals surface area contributed by atoms with Gasteiger partial charge in [0.15, 0.2) is 0 Å². The first-order valence-corrected chi connectivity index (χ1v) is 4.04. The highest BCUT2D eigenvalue weighted by molar-refractivity contribution is 5.77. The Kier molecular flexibility index (Phi) is 1.82. The van der Waals surface area contributed by atoms with Gasteiger partial charge in [-0.05, 0) is 18.9 Å². The summed E-state index contributed by atoms with van der Waals surface area (Å²) in [6.07, 6.45) is 1.96. The summed E-state index contributed by atoms with van der Waals surface area (Å²) in [4.78, 5) is 11.1. The molecule has 0 atom stereocenters. The summed E-state index contributed by atoms with van der Waals surface area (Å²) in [7, 11) is 0. The van der Waals surface area contributed by atoms with Crippen LogP contribution >= 0.6 is 0 Å². The second-order valence-electron chi connectivity index (χ2n) is 2.92. The first-order chi connectivity index (χ1) is 5.86. The van der Waals surface area contributed by atoms with Gasteiger partial charge in [0.1, 0.15) is 5.75 Å². The molecule has 0 spiro atoms. The molecule has 1 radical (unpaired) electrons. The Bertz CT molecular complexity index is 275. The highest BCUT2D eigenvalue weighted by Crippen LogP contribution is 2.30. The van der Waals surface area contributed by atoms with Crippen LogP contribution in [-0.4, -0.2) is 5.97 Å². The van der Waals surface area contributed by atoms with Gasteiger partial charge in [-0.15, -0.1) is 0 Å². The summed E-state index contributed by atoms with van der Waals surface area (Å²) < 4.78 is 5.04. The maximum atomic E-state index is 11.1. The fraction of sp³-hybridized carbons (Fsp3) is 0.300. The molecular formula is C10H9O2. The van der Waals surface area contributed by atoms with Crippen LogP contribution in [0.2, 0.25) is 0 Å². The number of carbonyl (C=O) groups is 1. The van der Waals surface area contributed by atoms with E-state index in [0.717, 1.165) is 12.8 Å². The molecule has 1 aliphatic carbocycles. The minimum atomic E-state index is -0.113. The Hall–Kier alpha value is -1.31. The van der Waals surface area contributed by atoms with Crippen molar-refractivity contribution in [3.63, 3.8) is 0 Å². The smallest absolute Gasteiger partial charge is 0.314 e. The third-order valence-electron chi connectivity index (χ3n) is 1.80. The molecule has 1 aromatic rings. The molecule has 2 heteroatoms. The number of esters is 1. The Labute approximate surface area is 71.2 Å². The predicted molar refractivity (Wildman–Crippen MR) is 43.6 cm³/mol. The molecule has 0 aliphatic heterocycles. The van der Waals surface area contributed by atoms with Gasteiger partial charge in [-0.2, -0.15) is 0 Å². The normalized spacial score (nSPS) is 15.7. The molecule has 0 N–H and O–H groups in total. The molecule has 0 aromatic heterocycles. The number of carbonyl (C=O) groups excluding carboxylic acids is 1. The zero-order valence-corrected chi connectivity index (χ0v) is 6.62. The average molecular weight is 161 g/mol. The van der Waals surface area contributed by atoms with Crippen molar-refractivity contribution < 1.29 is 9.53 Å². The van der Waals surface area contributed by atoms with E-state index in [1.807, 2.05) is 12.1 Å². The molecule has 61 valence electrons. The van der Waals surface area contributed by atoms with E-state index < -0.39 is 0 Å². The van der Waals surface area contributed by atoms with Crippen LogP contribution in [0.5, 0.6) is 5.75 Å². The minimum Gasteiger partial charge on any atom is -0.426 e. The van der Waals surface area contributed by atoms with Crippen molar-refractivity contribution in [2.75, 3.05) is 0 Å². The van der Waals surface area contributed by atoms with E-state index in [0.29, 0.717) is 5.75 Å². The third kappa shape index (κ3) is 1.64. The lowest BCUT2D eigenvalue weighted by Gasteiger charge is -2.00. The maximum Gasteiger partial charge on any atom is 0.314 e. The van der Waals surface area contributed by atoms with Crippen molar-refractivity contribution in [2.45, 2.75) is 12.8 Å². The molecule has 1 saturated carbocycles. The van der Waals surface area contributed by atoms with Gasteiger partial charge in [-0.25, -0.2) is 0 Å². The van der Waals surface area contributed by atoms with E-state index in [1.165, 1.54) is 0 Å². The Morgan fingerprint density at radius 3 is 2.92 bits per heavy atom. The molecule has 1 aliphatic rings. The van der Waals surface area contributed by atoms with Crippen LogP contribution in [0.25, 0.3) is 0 Å². The van der Waals surface area contributed by atoms with Crippen LogP contribution in [0, 0.1) is 12.0 Å². The van der Waals surface area contributed by atoms with Gasteiger partial charge < -0.3 is 4.74 Å². The van der Waals surface area contributed by atoms with Gasteiger partial charge in [0.05, 0.1) is 5.92 Å². The third-order valence-corrected chi connectivity index (χ3v) is 1.80. The Morgan fingerprint density at radius 2 is 2.33 bits per heavy atom. The SMILES string of the molecule is O=C(Oc1[c]cccc1)C1CC1.